The van der Waals surface area contributed by atoms with E-state index in [4.69, 9.17) is 4.42 Å². The van der Waals surface area contributed by atoms with Crippen LogP contribution in [0.25, 0.3) is 0 Å². The molecule has 0 fully saturated rings. The first kappa shape index (κ1) is 11.3. The van der Waals surface area contributed by atoms with Gasteiger partial charge in [0.05, 0.1) is 12.4 Å². The van der Waals surface area contributed by atoms with E-state index in [1.807, 2.05) is 13.0 Å². The normalized spacial score (nSPS) is 13.5. The van der Waals surface area contributed by atoms with Crippen molar-refractivity contribution in [2.75, 3.05) is 0 Å². The van der Waals surface area contributed by atoms with Gasteiger partial charge in [0.25, 0.3) is 0 Å². The van der Waals surface area contributed by atoms with Gasteiger partial charge in [0, 0.05) is 5.56 Å². The summed E-state index contributed by atoms with van der Waals surface area (Å²) in [5, 5.41) is 9.84. The van der Waals surface area contributed by atoms with Crippen LogP contribution >= 0.6 is 0 Å². The minimum absolute atomic E-state index is 0.354. The Morgan fingerprint density at radius 2 is 2.07 bits per heavy atom. The molecule has 1 aromatic heterocycles. The summed E-state index contributed by atoms with van der Waals surface area (Å²) in [6.45, 7) is 6.30. The van der Waals surface area contributed by atoms with E-state index in [9.17, 15) is 5.11 Å². The van der Waals surface area contributed by atoms with Gasteiger partial charge in [-0.2, -0.15) is 0 Å². The molecule has 0 saturated carbocycles. The van der Waals surface area contributed by atoms with Gasteiger partial charge in [0.1, 0.15) is 5.76 Å². The molecule has 1 unspecified atom stereocenters. The molecule has 0 aliphatic rings. The van der Waals surface area contributed by atoms with Gasteiger partial charge in [0.15, 0.2) is 0 Å². The molecule has 1 aromatic rings. The van der Waals surface area contributed by atoms with Gasteiger partial charge in [0.2, 0.25) is 0 Å². The highest BCUT2D eigenvalue weighted by atomic mass is 16.3. The maximum absolute atomic E-state index is 9.84. The van der Waals surface area contributed by atoms with Crippen molar-refractivity contribution >= 4 is 0 Å². The number of hydrogen-bond acceptors (Lipinski definition) is 2. The van der Waals surface area contributed by atoms with E-state index in [1.165, 1.54) is 6.42 Å². The summed E-state index contributed by atoms with van der Waals surface area (Å²) in [4.78, 5) is 0. The second kappa shape index (κ2) is 5.20. The van der Waals surface area contributed by atoms with Crippen LogP contribution in [-0.2, 0) is 0 Å². The predicted octanol–water partition coefficient (Wildman–Crippen LogP) is 3.45. The highest BCUT2D eigenvalue weighted by molar-refractivity contribution is 5.18. The Morgan fingerprint density at radius 1 is 1.36 bits per heavy atom. The van der Waals surface area contributed by atoms with Crippen molar-refractivity contribution in [1.82, 2.24) is 0 Å². The highest BCUT2D eigenvalue weighted by Gasteiger charge is 2.12. The second-order valence-corrected chi connectivity index (χ2v) is 4.27. The number of furan rings is 1. The van der Waals surface area contributed by atoms with Gasteiger partial charge in [-0.1, -0.05) is 26.7 Å². The van der Waals surface area contributed by atoms with Gasteiger partial charge >= 0.3 is 0 Å². The maximum Gasteiger partial charge on any atom is 0.106 e. The Hall–Kier alpha value is -0.760. The van der Waals surface area contributed by atoms with Crippen LogP contribution in [0.15, 0.2) is 16.7 Å². The Labute approximate surface area is 85.9 Å². The predicted molar refractivity (Wildman–Crippen MR) is 57.1 cm³/mol. The molecule has 0 bridgehead atoms. The van der Waals surface area contributed by atoms with Gasteiger partial charge in [-0.3, -0.25) is 0 Å². The fourth-order valence-electron chi connectivity index (χ4n) is 1.62. The Bertz CT molecular complexity index is 263. The van der Waals surface area contributed by atoms with Crippen molar-refractivity contribution in [3.63, 3.8) is 0 Å². The molecule has 0 aliphatic carbocycles. The van der Waals surface area contributed by atoms with Crippen molar-refractivity contribution in [2.45, 2.75) is 46.1 Å². The van der Waals surface area contributed by atoms with Crippen molar-refractivity contribution in [2.24, 2.45) is 5.92 Å². The molecule has 0 amide bonds. The van der Waals surface area contributed by atoms with Crippen LogP contribution in [0.5, 0.6) is 0 Å². The van der Waals surface area contributed by atoms with E-state index in [1.54, 1.807) is 6.26 Å². The van der Waals surface area contributed by atoms with Crippen molar-refractivity contribution in [1.29, 1.82) is 0 Å². The zero-order chi connectivity index (χ0) is 10.6. The molecule has 0 saturated heterocycles. The first-order chi connectivity index (χ1) is 6.61. The molecule has 1 heterocycles. The molecule has 0 aromatic carbocycles. The molecule has 0 radical (unpaired) electrons. The van der Waals surface area contributed by atoms with Crippen molar-refractivity contribution < 1.29 is 9.52 Å². The zero-order valence-electron chi connectivity index (χ0n) is 9.29. The zero-order valence-corrected chi connectivity index (χ0v) is 9.29. The summed E-state index contributed by atoms with van der Waals surface area (Å²) in [5.41, 5.74) is 0.939. The van der Waals surface area contributed by atoms with Crippen LogP contribution in [0.4, 0.5) is 0 Å². The van der Waals surface area contributed by atoms with Gasteiger partial charge in [-0.15, -0.1) is 0 Å². The van der Waals surface area contributed by atoms with Gasteiger partial charge < -0.3 is 9.52 Å². The Balaban J connectivity index is 2.36. The molecule has 14 heavy (non-hydrogen) atoms. The minimum Gasteiger partial charge on any atom is -0.469 e. The molecule has 1 rings (SSSR count). The van der Waals surface area contributed by atoms with Crippen LogP contribution in [0, 0.1) is 12.8 Å². The number of aliphatic hydroxyl groups is 1. The average molecular weight is 196 g/mol. The summed E-state index contributed by atoms with van der Waals surface area (Å²) < 4.78 is 5.15. The highest BCUT2D eigenvalue weighted by Crippen LogP contribution is 2.23. The lowest BCUT2D eigenvalue weighted by Crippen LogP contribution is -1.98. The fraction of sp³-hybridized carbons (Fsp3) is 0.667. The second-order valence-electron chi connectivity index (χ2n) is 4.27. The van der Waals surface area contributed by atoms with Crippen molar-refractivity contribution in [3.8, 4) is 0 Å². The SMILES string of the molecule is Cc1occc1C(O)CCCC(C)C. The molecule has 80 valence electrons. The topological polar surface area (TPSA) is 33.4 Å². The Morgan fingerprint density at radius 3 is 2.57 bits per heavy atom. The number of aliphatic hydroxyl groups excluding tert-OH is 1. The molecule has 1 N–H and O–H groups in total. The number of hydrogen-bond donors (Lipinski definition) is 1. The molecule has 0 aliphatic heterocycles. The van der Waals surface area contributed by atoms with Crippen LogP contribution in [0.3, 0.4) is 0 Å². The molecule has 2 heteroatoms. The lowest BCUT2D eigenvalue weighted by Gasteiger charge is -2.10. The summed E-state index contributed by atoms with van der Waals surface area (Å²) >= 11 is 0. The van der Waals surface area contributed by atoms with Gasteiger partial charge in [-0.05, 0) is 25.3 Å². The van der Waals surface area contributed by atoms with Crippen LogP contribution < -0.4 is 0 Å². The average Bonchev–Trinajstić information content (AvgIpc) is 2.50. The van der Waals surface area contributed by atoms with Crippen LogP contribution in [0.1, 0.15) is 50.5 Å². The van der Waals surface area contributed by atoms with E-state index >= 15 is 0 Å². The first-order valence-corrected chi connectivity index (χ1v) is 5.33. The first-order valence-electron chi connectivity index (χ1n) is 5.33. The standard InChI is InChI=1S/C12H20O2/c1-9(2)5-4-6-12(13)11-7-8-14-10(11)3/h7-9,12-13H,4-6H2,1-3H3. The third-order valence-corrected chi connectivity index (χ3v) is 2.52. The maximum atomic E-state index is 9.84. The van der Waals surface area contributed by atoms with Gasteiger partial charge in [-0.25, -0.2) is 0 Å². The Kier molecular flexibility index (Phi) is 4.21. The lowest BCUT2D eigenvalue weighted by molar-refractivity contribution is 0.160. The van der Waals surface area contributed by atoms with E-state index in [-0.39, 0.29) is 6.10 Å². The lowest BCUT2D eigenvalue weighted by atomic mass is 10.0. The summed E-state index contributed by atoms with van der Waals surface area (Å²) in [5.74, 6) is 1.55. The summed E-state index contributed by atoms with van der Waals surface area (Å²) in [7, 11) is 0. The quantitative estimate of drug-likeness (QED) is 0.782. The van der Waals surface area contributed by atoms with E-state index in [0.717, 1.165) is 24.2 Å². The van der Waals surface area contributed by atoms with E-state index in [0.29, 0.717) is 5.92 Å². The molecular formula is C12H20O2. The summed E-state index contributed by atoms with van der Waals surface area (Å²) in [6.07, 6.45) is 4.36. The number of aryl methyl sites for hydroxylation is 1. The fourth-order valence-corrected chi connectivity index (χ4v) is 1.62. The van der Waals surface area contributed by atoms with E-state index in [2.05, 4.69) is 13.8 Å². The minimum atomic E-state index is -0.354. The smallest absolute Gasteiger partial charge is 0.106 e. The third kappa shape index (κ3) is 3.18. The number of rotatable bonds is 5. The molecular weight excluding hydrogens is 176 g/mol. The molecule has 0 spiro atoms. The van der Waals surface area contributed by atoms with Crippen LogP contribution in [0.2, 0.25) is 0 Å². The van der Waals surface area contributed by atoms with Crippen LogP contribution in [-0.4, -0.2) is 5.11 Å². The summed E-state index contributed by atoms with van der Waals surface area (Å²) in [6, 6.07) is 1.86. The largest absolute Gasteiger partial charge is 0.469 e. The molecule has 2 nitrogen and oxygen atoms in total. The van der Waals surface area contributed by atoms with E-state index < -0.39 is 0 Å². The monoisotopic (exact) mass is 196 g/mol. The molecule has 1 atom stereocenters. The third-order valence-electron chi connectivity index (χ3n) is 2.52. The van der Waals surface area contributed by atoms with Crippen molar-refractivity contribution in [3.05, 3.63) is 23.7 Å².